The Bertz CT molecular complexity index is 165. The van der Waals surface area contributed by atoms with E-state index in [0.717, 1.165) is 18.1 Å². The molecule has 84 valence electrons. The van der Waals surface area contributed by atoms with Gasteiger partial charge in [0.2, 0.25) is 0 Å². The van der Waals surface area contributed by atoms with Crippen molar-refractivity contribution in [3.63, 3.8) is 0 Å². The molecule has 0 amide bonds. The molecule has 3 heteroatoms. The topological polar surface area (TPSA) is 29.1 Å². The van der Waals surface area contributed by atoms with Crippen LogP contribution in [0.25, 0.3) is 0 Å². The Balaban J connectivity index is 2.07. The molecule has 14 heavy (non-hydrogen) atoms. The summed E-state index contributed by atoms with van der Waals surface area (Å²) in [5.41, 5.74) is 0. The second-order valence-electron chi connectivity index (χ2n) is 4.08. The van der Waals surface area contributed by atoms with E-state index in [1.807, 2.05) is 6.92 Å². The Labute approximate surface area is 90.3 Å². The first-order valence-corrected chi connectivity index (χ1v) is 7.40. The molecule has 0 radical (unpaired) electrons. The summed E-state index contributed by atoms with van der Waals surface area (Å²) in [6.07, 6.45) is 8.18. The van der Waals surface area contributed by atoms with Crippen molar-refractivity contribution in [2.75, 3.05) is 18.1 Å². The van der Waals surface area contributed by atoms with Crippen LogP contribution in [0.3, 0.4) is 0 Å². The van der Waals surface area contributed by atoms with Crippen molar-refractivity contribution >= 4 is 10.8 Å². The number of nitrogens with one attached hydrogen (secondary N) is 1. The van der Waals surface area contributed by atoms with Crippen LogP contribution >= 0.6 is 0 Å². The maximum Gasteiger partial charge on any atom is 0.0360 e. The Hall–Kier alpha value is 0.110. The monoisotopic (exact) mass is 217 g/mol. The van der Waals surface area contributed by atoms with Crippen molar-refractivity contribution in [3.8, 4) is 0 Å². The minimum atomic E-state index is -0.598. The van der Waals surface area contributed by atoms with Gasteiger partial charge >= 0.3 is 0 Å². The third kappa shape index (κ3) is 5.11. The molecule has 1 aliphatic rings. The van der Waals surface area contributed by atoms with E-state index in [4.69, 9.17) is 0 Å². The van der Waals surface area contributed by atoms with Crippen molar-refractivity contribution in [2.24, 2.45) is 0 Å². The van der Waals surface area contributed by atoms with Gasteiger partial charge in [-0.25, -0.2) is 0 Å². The first-order chi connectivity index (χ1) is 6.83. The molecule has 0 aromatic rings. The largest absolute Gasteiger partial charge is 0.313 e. The maximum atomic E-state index is 11.2. The van der Waals surface area contributed by atoms with E-state index in [9.17, 15) is 4.21 Å². The molecule has 1 rings (SSSR count). The van der Waals surface area contributed by atoms with Crippen LogP contribution in [0.2, 0.25) is 0 Å². The van der Waals surface area contributed by atoms with Crippen LogP contribution in [0.1, 0.15) is 45.4 Å². The Morgan fingerprint density at radius 3 is 2.43 bits per heavy atom. The third-order valence-corrected chi connectivity index (χ3v) is 4.24. The van der Waals surface area contributed by atoms with Gasteiger partial charge in [-0.2, -0.15) is 0 Å². The molecule has 0 saturated heterocycles. The second-order valence-corrected chi connectivity index (χ2v) is 5.94. The SMILES string of the molecule is CCS(=O)CCNC1CCCCCC1. The fourth-order valence-electron chi connectivity index (χ4n) is 2.00. The van der Waals surface area contributed by atoms with Gasteiger partial charge in [-0.3, -0.25) is 4.21 Å². The lowest BCUT2D eigenvalue weighted by Gasteiger charge is -2.15. The van der Waals surface area contributed by atoms with Crippen molar-refractivity contribution in [3.05, 3.63) is 0 Å². The summed E-state index contributed by atoms with van der Waals surface area (Å²) in [7, 11) is -0.598. The van der Waals surface area contributed by atoms with Crippen molar-refractivity contribution in [1.82, 2.24) is 5.32 Å². The molecular formula is C11H23NOS. The first kappa shape index (κ1) is 12.2. The quantitative estimate of drug-likeness (QED) is 0.714. The lowest BCUT2D eigenvalue weighted by atomic mass is 10.1. The molecule has 0 aliphatic heterocycles. The summed E-state index contributed by atoms with van der Waals surface area (Å²) in [5.74, 6) is 1.62. The normalized spacial score (nSPS) is 21.8. The predicted molar refractivity (Wildman–Crippen MR) is 63.0 cm³/mol. The molecule has 1 fully saturated rings. The summed E-state index contributed by atoms with van der Waals surface area (Å²) in [6.45, 7) is 2.92. The minimum absolute atomic E-state index is 0.598. The molecular weight excluding hydrogens is 194 g/mol. The summed E-state index contributed by atoms with van der Waals surface area (Å²) in [4.78, 5) is 0. The van der Waals surface area contributed by atoms with Crippen LogP contribution in [0.5, 0.6) is 0 Å². The van der Waals surface area contributed by atoms with E-state index in [2.05, 4.69) is 5.32 Å². The van der Waals surface area contributed by atoms with E-state index in [0.29, 0.717) is 6.04 Å². The molecule has 2 nitrogen and oxygen atoms in total. The van der Waals surface area contributed by atoms with E-state index in [1.54, 1.807) is 0 Å². The van der Waals surface area contributed by atoms with Crippen LogP contribution < -0.4 is 5.32 Å². The predicted octanol–water partition coefficient (Wildman–Crippen LogP) is 2.07. The molecule has 0 heterocycles. The highest BCUT2D eigenvalue weighted by Gasteiger charge is 2.10. The average molecular weight is 217 g/mol. The highest BCUT2D eigenvalue weighted by molar-refractivity contribution is 7.84. The Kier molecular flexibility index (Phi) is 6.45. The summed E-state index contributed by atoms with van der Waals surface area (Å²) in [5, 5.41) is 3.53. The van der Waals surface area contributed by atoms with E-state index >= 15 is 0 Å². The van der Waals surface area contributed by atoms with Crippen LogP contribution in [0, 0.1) is 0 Å². The van der Waals surface area contributed by atoms with Gasteiger partial charge in [0.1, 0.15) is 0 Å². The Morgan fingerprint density at radius 2 is 1.86 bits per heavy atom. The van der Waals surface area contributed by atoms with Gasteiger partial charge in [-0.1, -0.05) is 32.6 Å². The standard InChI is InChI=1S/C11H23NOS/c1-2-14(13)10-9-12-11-7-5-3-4-6-8-11/h11-12H,2-10H2,1H3. The zero-order valence-corrected chi connectivity index (χ0v) is 10.1. The first-order valence-electron chi connectivity index (χ1n) is 5.91. The summed E-state index contributed by atoms with van der Waals surface area (Å²) >= 11 is 0. The van der Waals surface area contributed by atoms with Gasteiger partial charge in [0, 0.05) is 34.9 Å². The van der Waals surface area contributed by atoms with Crippen LogP contribution in [-0.4, -0.2) is 28.3 Å². The lowest BCUT2D eigenvalue weighted by Crippen LogP contribution is -2.32. The number of hydrogen-bond acceptors (Lipinski definition) is 2. The summed E-state index contributed by atoms with van der Waals surface area (Å²) in [6, 6.07) is 0.700. The van der Waals surface area contributed by atoms with E-state index in [-0.39, 0.29) is 0 Å². The highest BCUT2D eigenvalue weighted by atomic mass is 32.2. The van der Waals surface area contributed by atoms with E-state index < -0.39 is 10.8 Å². The molecule has 1 aliphatic carbocycles. The summed E-state index contributed by atoms with van der Waals surface area (Å²) < 4.78 is 11.2. The van der Waals surface area contributed by atoms with Gasteiger partial charge in [0.15, 0.2) is 0 Å². The second kappa shape index (κ2) is 7.41. The van der Waals surface area contributed by atoms with Crippen molar-refractivity contribution in [2.45, 2.75) is 51.5 Å². The van der Waals surface area contributed by atoms with Gasteiger partial charge in [0.05, 0.1) is 0 Å². The zero-order valence-electron chi connectivity index (χ0n) is 9.26. The average Bonchev–Trinajstić information content (AvgIpc) is 2.46. The smallest absolute Gasteiger partial charge is 0.0360 e. The van der Waals surface area contributed by atoms with Gasteiger partial charge < -0.3 is 5.32 Å². The molecule has 0 aromatic heterocycles. The van der Waals surface area contributed by atoms with Gasteiger partial charge in [0.25, 0.3) is 0 Å². The van der Waals surface area contributed by atoms with Crippen LogP contribution in [0.4, 0.5) is 0 Å². The van der Waals surface area contributed by atoms with Gasteiger partial charge in [-0.05, 0) is 12.8 Å². The van der Waals surface area contributed by atoms with Crippen molar-refractivity contribution < 1.29 is 4.21 Å². The molecule has 1 saturated carbocycles. The maximum absolute atomic E-state index is 11.2. The fourth-order valence-corrected chi connectivity index (χ4v) is 2.64. The molecule has 0 spiro atoms. The minimum Gasteiger partial charge on any atom is -0.313 e. The van der Waals surface area contributed by atoms with E-state index in [1.165, 1.54) is 38.5 Å². The van der Waals surface area contributed by atoms with Gasteiger partial charge in [-0.15, -0.1) is 0 Å². The van der Waals surface area contributed by atoms with Crippen molar-refractivity contribution in [1.29, 1.82) is 0 Å². The molecule has 1 atom stereocenters. The lowest BCUT2D eigenvalue weighted by molar-refractivity contribution is 0.473. The number of hydrogen-bond donors (Lipinski definition) is 1. The van der Waals surface area contributed by atoms with Crippen LogP contribution in [-0.2, 0) is 10.8 Å². The fraction of sp³-hybridized carbons (Fsp3) is 1.00. The zero-order chi connectivity index (χ0) is 10.2. The third-order valence-electron chi connectivity index (χ3n) is 2.94. The molecule has 1 N–H and O–H groups in total. The number of rotatable bonds is 5. The molecule has 0 aromatic carbocycles. The Morgan fingerprint density at radius 1 is 1.21 bits per heavy atom. The molecule has 1 unspecified atom stereocenters. The molecule has 0 bridgehead atoms. The van der Waals surface area contributed by atoms with Crippen LogP contribution in [0.15, 0.2) is 0 Å². The highest BCUT2D eigenvalue weighted by Crippen LogP contribution is 2.16.